The van der Waals surface area contributed by atoms with Crippen molar-refractivity contribution in [3.8, 4) is 0 Å². The largest absolute Gasteiger partial charge is 0.464 e. The maximum Gasteiger partial charge on any atom is 0.238 e. The highest BCUT2D eigenvalue weighted by atomic mass is 32.2. The first kappa shape index (κ1) is 27.6. The molecule has 0 saturated heterocycles. The third-order valence-electron chi connectivity index (χ3n) is 8.55. The van der Waals surface area contributed by atoms with E-state index in [1.54, 1.807) is 4.90 Å². The van der Waals surface area contributed by atoms with Crippen molar-refractivity contribution in [1.29, 1.82) is 0 Å². The topological polar surface area (TPSA) is 87.9 Å². The average Bonchev–Trinajstić information content (AvgIpc) is 3.39. The van der Waals surface area contributed by atoms with Crippen molar-refractivity contribution in [2.24, 2.45) is 22.7 Å². The van der Waals surface area contributed by atoms with Gasteiger partial charge in [-0.2, -0.15) is 4.31 Å². The minimum absolute atomic E-state index is 0.0268. The van der Waals surface area contributed by atoms with Crippen molar-refractivity contribution < 1.29 is 22.4 Å². The van der Waals surface area contributed by atoms with E-state index in [1.807, 2.05) is 77.1 Å². The monoisotopic (exact) mass is 528 g/mol. The second-order valence-electron chi connectivity index (χ2n) is 11.9. The Morgan fingerprint density at radius 2 is 1.81 bits per heavy atom. The van der Waals surface area contributed by atoms with Crippen LogP contribution in [-0.2, 0) is 32.7 Å². The van der Waals surface area contributed by atoms with E-state index in [2.05, 4.69) is 0 Å². The van der Waals surface area contributed by atoms with Crippen molar-refractivity contribution in [3.63, 3.8) is 0 Å². The maximum atomic E-state index is 13.9. The summed E-state index contributed by atoms with van der Waals surface area (Å²) in [6.45, 7) is 10.3. The van der Waals surface area contributed by atoms with E-state index in [9.17, 15) is 18.0 Å². The molecular formula is C29H40N2O5S. The fraction of sp³-hybridized carbons (Fsp3) is 0.586. The van der Waals surface area contributed by atoms with Gasteiger partial charge in [0.25, 0.3) is 0 Å². The van der Waals surface area contributed by atoms with Crippen LogP contribution in [0, 0.1) is 29.6 Å². The predicted molar refractivity (Wildman–Crippen MR) is 143 cm³/mol. The van der Waals surface area contributed by atoms with E-state index in [-0.39, 0.29) is 54.3 Å². The maximum absolute atomic E-state index is 13.9. The Hall–Kier alpha value is -2.45. The van der Waals surface area contributed by atoms with Gasteiger partial charge in [-0.1, -0.05) is 58.0 Å². The minimum atomic E-state index is -3.88. The first-order valence-electron chi connectivity index (χ1n) is 13.2. The summed E-state index contributed by atoms with van der Waals surface area (Å²) in [5.41, 5.74) is -0.280. The van der Waals surface area contributed by atoms with Crippen LogP contribution in [0.5, 0.6) is 0 Å². The summed E-state index contributed by atoms with van der Waals surface area (Å²) in [6.07, 6.45) is 1.94. The number of carbonyl (C=O) groups is 2. The molecule has 2 saturated carbocycles. The van der Waals surface area contributed by atoms with E-state index in [1.165, 1.54) is 4.31 Å². The molecule has 2 aliphatic carbocycles. The molecule has 2 bridgehead atoms. The Balaban J connectivity index is 1.58. The molecule has 2 fully saturated rings. The highest BCUT2D eigenvalue weighted by Gasteiger charge is 2.65. The number of benzene rings is 1. The zero-order chi connectivity index (χ0) is 27.0. The number of fused-ring (bicyclic) bond motifs is 2. The molecule has 1 amide bonds. The van der Waals surface area contributed by atoms with Gasteiger partial charge in [0.15, 0.2) is 0 Å². The summed E-state index contributed by atoms with van der Waals surface area (Å²) in [4.78, 5) is 28.4. The normalized spacial score (nSPS) is 22.8. The number of Topliss-reactive ketones (excluding diaryl/α,β-unsaturated/α-hetero) is 1. The van der Waals surface area contributed by atoms with Crippen LogP contribution in [0.4, 0.5) is 0 Å². The van der Waals surface area contributed by atoms with E-state index in [0.29, 0.717) is 25.1 Å². The van der Waals surface area contributed by atoms with Crippen molar-refractivity contribution in [1.82, 2.24) is 9.21 Å². The number of carbonyl (C=O) groups excluding carboxylic acids is 2. The van der Waals surface area contributed by atoms with Crippen LogP contribution < -0.4 is 0 Å². The molecule has 2 aromatic rings. The van der Waals surface area contributed by atoms with Crippen LogP contribution >= 0.6 is 0 Å². The van der Waals surface area contributed by atoms with Crippen molar-refractivity contribution in [3.05, 3.63) is 59.5 Å². The van der Waals surface area contributed by atoms with Crippen LogP contribution in [0.3, 0.4) is 0 Å². The van der Waals surface area contributed by atoms with Gasteiger partial charge in [-0.15, -0.1) is 0 Å². The SMILES string of the molecule is Cc1ccc(CN(Cc2ccccc2)C(=O)CN(CC(C)C)S(=O)(=O)CC23CCC(CC2=O)C3(C)C)o1. The molecule has 202 valence electrons. The zero-order valence-electron chi connectivity index (χ0n) is 22.7. The molecule has 0 N–H and O–H groups in total. The lowest BCUT2D eigenvalue weighted by Crippen LogP contribution is -2.50. The Morgan fingerprint density at radius 1 is 1.11 bits per heavy atom. The lowest BCUT2D eigenvalue weighted by Gasteiger charge is -2.38. The average molecular weight is 529 g/mol. The molecule has 0 aliphatic heterocycles. The third kappa shape index (κ3) is 5.55. The lowest BCUT2D eigenvalue weighted by molar-refractivity contribution is -0.133. The molecule has 7 nitrogen and oxygen atoms in total. The molecule has 8 heteroatoms. The number of ketones is 1. The first-order valence-corrected chi connectivity index (χ1v) is 14.8. The zero-order valence-corrected chi connectivity index (χ0v) is 23.5. The molecule has 1 heterocycles. The molecular weight excluding hydrogens is 488 g/mol. The Morgan fingerprint density at radius 3 is 2.35 bits per heavy atom. The number of amides is 1. The molecule has 2 aliphatic rings. The summed E-state index contributed by atoms with van der Waals surface area (Å²) in [7, 11) is -3.88. The van der Waals surface area contributed by atoms with Crippen molar-refractivity contribution >= 4 is 21.7 Å². The fourth-order valence-electron chi connectivity index (χ4n) is 6.24. The summed E-state index contributed by atoms with van der Waals surface area (Å²) in [5, 5.41) is 0. The highest BCUT2D eigenvalue weighted by Crippen LogP contribution is 2.64. The second-order valence-corrected chi connectivity index (χ2v) is 13.8. The summed E-state index contributed by atoms with van der Waals surface area (Å²) >= 11 is 0. The molecule has 0 spiro atoms. The van der Waals surface area contributed by atoms with Gasteiger partial charge in [-0.25, -0.2) is 8.42 Å². The van der Waals surface area contributed by atoms with Gasteiger partial charge in [-0.05, 0) is 54.7 Å². The number of hydrogen-bond acceptors (Lipinski definition) is 5. The molecule has 1 aromatic carbocycles. The lowest BCUT2D eigenvalue weighted by atomic mass is 9.70. The van der Waals surface area contributed by atoms with Crippen LogP contribution in [0.2, 0.25) is 0 Å². The molecule has 4 rings (SSSR count). The molecule has 2 atom stereocenters. The Labute approximate surface area is 221 Å². The second kappa shape index (κ2) is 10.4. The van der Waals surface area contributed by atoms with Gasteiger partial charge in [0.2, 0.25) is 15.9 Å². The predicted octanol–water partition coefficient (Wildman–Crippen LogP) is 4.80. The minimum Gasteiger partial charge on any atom is -0.464 e. The molecule has 2 unspecified atom stereocenters. The number of sulfonamides is 1. The number of rotatable bonds is 11. The Bertz CT molecular complexity index is 1230. The molecule has 1 aromatic heterocycles. The highest BCUT2D eigenvalue weighted by molar-refractivity contribution is 7.89. The van der Waals surface area contributed by atoms with Crippen LogP contribution in [-0.4, -0.2) is 48.2 Å². The van der Waals surface area contributed by atoms with E-state index >= 15 is 0 Å². The summed E-state index contributed by atoms with van der Waals surface area (Å²) in [6, 6.07) is 13.3. The smallest absolute Gasteiger partial charge is 0.238 e. The number of furan rings is 1. The van der Waals surface area contributed by atoms with Crippen LogP contribution in [0.1, 0.15) is 64.0 Å². The van der Waals surface area contributed by atoms with Gasteiger partial charge < -0.3 is 9.32 Å². The summed E-state index contributed by atoms with van der Waals surface area (Å²) in [5.74, 6) is 1.21. The first-order chi connectivity index (χ1) is 17.3. The van der Waals surface area contributed by atoms with Crippen LogP contribution in [0.25, 0.3) is 0 Å². The van der Waals surface area contributed by atoms with E-state index < -0.39 is 15.4 Å². The fourth-order valence-corrected chi connectivity index (χ4v) is 8.55. The standard InChI is InChI=1S/C29H40N2O5S/c1-21(2)16-31(37(34,35)20-29-14-13-24(15-26(29)32)28(29,4)5)19-27(33)30(17-23-9-7-6-8-10-23)18-25-12-11-22(3)36-25/h6-12,21,24H,13-20H2,1-5H3. The van der Waals surface area contributed by atoms with Crippen LogP contribution in [0.15, 0.2) is 46.9 Å². The number of nitrogens with zero attached hydrogens (tertiary/aromatic N) is 2. The summed E-state index contributed by atoms with van der Waals surface area (Å²) < 4.78 is 34.8. The van der Waals surface area contributed by atoms with Gasteiger partial charge in [0.05, 0.1) is 18.8 Å². The van der Waals surface area contributed by atoms with Crippen molar-refractivity contribution in [2.75, 3.05) is 18.8 Å². The van der Waals surface area contributed by atoms with Gasteiger partial charge in [0, 0.05) is 24.9 Å². The van der Waals surface area contributed by atoms with E-state index in [0.717, 1.165) is 17.7 Å². The van der Waals surface area contributed by atoms with Crippen molar-refractivity contribution in [2.45, 2.75) is 67.0 Å². The van der Waals surface area contributed by atoms with E-state index in [4.69, 9.17) is 4.42 Å². The Kier molecular flexibility index (Phi) is 7.73. The molecule has 37 heavy (non-hydrogen) atoms. The number of hydrogen-bond donors (Lipinski definition) is 0. The third-order valence-corrected chi connectivity index (χ3v) is 10.5. The van der Waals surface area contributed by atoms with Gasteiger partial charge in [0.1, 0.15) is 17.3 Å². The van der Waals surface area contributed by atoms with Gasteiger partial charge >= 0.3 is 0 Å². The quantitative estimate of drug-likeness (QED) is 0.418. The van der Waals surface area contributed by atoms with Gasteiger partial charge in [-0.3, -0.25) is 9.59 Å². The number of aryl methyl sites for hydroxylation is 1. The molecule has 0 radical (unpaired) electrons.